The second-order valence-electron chi connectivity index (χ2n) is 3.90. The lowest BCUT2D eigenvalue weighted by atomic mass is 10.2. The molecule has 4 nitrogen and oxygen atoms in total. The van der Waals surface area contributed by atoms with Crippen LogP contribution in [0.25, 0.3) is 0 Å². The largest absolute Gasteiger partial charge is 0.393 e. The van der Waals surface area contributed by atoms with Crippen molar-refractivity contribution in [3.8, 4) is 0 Å². The van der Waals surface area contributed by atoms with E-state index in [1.165, 1.54) is 0 Å². The maximum atomic E-state index is 11.7. The number of thiocarbonyl (C=S) groups is 1. The van der Waals surface area contributed by atoms with Crippen LogP contribution in [0.4, 0.5) is 0 Å². The number of sulfonamides is 1. The van der Waals surface area contributed by atoms with Crippen LogP contribution in [-0.2, 0) is 15.8 Å². The van der Waals surface area contributed by atoms with Crippen molar-refractivity contribution in [1.29, 1.82) is 0 Å². The third kappa shape index (κ3) is 5.25. The van der Waals surface area contributed by atoms with E-state index in [2.05, 4.69) is 4.72 Å². The smallest absolute Gasteiger partial charge is 0.215 e. The maximum absolute atomic E-state index is 11.7. The van der Waals surface area contributed by atoms with E-state index < -0.39 is 10.0 Å². The van der Waals surface area contributed by atoms with Crippen LogP contribution >= 0.6 is 12.2 Å². The van der Waals surface area contributed by atoms with Crippen molar-refractivity contribution in [2.24, 2.45) is 11.7 Å². The molecule has 0 bridgehead atoms. The molecule has 1 aromatic carbocycles. The topological polar surface area (TPSA) is 72.2 Å². The van der Waals surface area contributed by atoms with Gasteiger partial charge < -0.3 is 5.73 Å². The van der Waals surface area contributed by atoms with Crippen LogP contribution in [0.2, 0.25) is 0 Å². The zero-order chi connectivity index (χ0) is 12.9. The van der Waals surface area contributed by atoms with Gasteiger partial charge in [-0.2, -0.15) is 0 Å². The Labute approximate surface area is 107 Å². The van der Waals surface area contributed by atoms with Gasteiger partial charge in [-0.3, -0.25) is 0 Å². The number of hydrogen-bond acceptors (Lipinski definition) is 3. The normalized spacial score (nSPS) is 13.2. The Balaban J connectivity index is 2.56. The van der Waals surface area contributed by atoms with Crippen molar-refractivity contribution in [3.63, 3.8) is 0 Å². The van der Waals surface area contributed by atoms with Crippen LogP contribution in [0.3, 0.4) is 0 Å². The molecule has 1 unspecified atom stereocenters. The SMILES string of the molecule is CC(CNS(=O)(=O)Cc1ccccc1)C(N)=S. The third-order valence-corrected chi connectivity index (χ3v) is 4.02. The van der Waals surface area contributed by atoms with Gasteiger partial charge in [0.1, 0.15) is 0 Å². The van der Waals surface area contributed by atoms with Crippen LogP contribution in [0.1, 0.15) is 12.5 Å². The number of rotatable bonds is 6. The van der Waals surface area contributed by atoms with Gasteiger partial charge in [-0.15, -0.1) is 0 Å². The summed E-state index contributed by atoms with van der Waals surface area (Å²) < 4.78 is 26.0. The maximum Gasteiger partial charge on any atom is 0.215 e. The number of benzene rings is 1. The summed E-state index contributed by atoms with van der Waals surface area (Å²) in [5, 5.41) is 0. The van der Waals surface area contributed by atoms with Crippen molar-refractivity contribution in [2.75, 3.05) is 6.54 Å². The van der Waals surface area contributed by atoms with Crippen molar-refractivity contribution < 1.29 is 8.42 Å². The predicted molar refractivity (Wildman–Crippen MR) is 73.0 cm³/mol. The van der Waals surface area contributed by atoms with Crippen LogP contribution in [0.15, 0.2) is 30.3 Å². The second kappa shape index (κ2) is 6.09. The molecule has 0 saturated heterocycles. The molecule has 0 saturated carbocycles. The van der Waals surface area contributed by atoms with E-state index in [4.69, 9.17) is 18.0 Å². The number of nitrogens with two attached hydrogens (primary N) is 1. The Hall–Kier alpha value is -0.980. The third-order valence-electron chi connectivity index (χ3n) is 2.29. The van der Waals surface area contributed by atoms with Crippen LogP contribution in [0.5, 0.6) is 0 Å². The molecule has 3 N–H and O–H groups in total. The minimum Gasteiger partial charge on any atom is -0.393 e. The lowest BCUT2D eigenvalue weighted by molar-refractivity contribution is 0.574. The van der Waals surface area contributed by atoms with E-state index in [1.54, 1.807) is 19.1 Å². The summed E-state index contributed by atoms with van der Waals surface area (Å²) in [7, 11) is -3.33. The van der Waals surface area contributed by atoms with E-state index >= 15 is 0 Å². The van der Waals surface area contributed by atoms with Crippen LogP contribution in [0, 0.1) is 5.92 Å². The summed E-state index contributed by atoms with van der Waals surface area (Å²) in [6.45, 7) is 2.03. The van der Waals surface area contributed by atoms with Gasteiger partial charge in [0.15, 0.2) is 0 Å². The monoisotopic (exact) mass is 272 g/mol. The Kier molecular flexibility index (Phi) is 5.04. The summed E-state index contributed by atoms with van der Waals surface area (Å²) in [5.74, 6) is -0.173. The summed E-state index contributed by atoms with van der Waals surface area (Å²) in [6, 6.07) is 9.01. The average Bonchev–Trinajstić information content (AvgIpc) is 2.26. The molecule has 0 heterocycles. The quantitative estimate of drug-likeness (QED) is 0.759. The summed E-state index contributed by atoms with van der Waals surface area (Å²) >= 11 is 4.78. The van der Waals surface area contributed by atoms with E-state index in [1.807, 2.05) is 18.2 Å². The molecule has 0 fully saturated rings. The van der Waals surface area contributed by atoms with Gasteiger partial charge in [0.05, 0.1) is 10.7 Å². The molecule has 0 radical (unpaired) electrons. The minimum atomic E-state index is -3.33. The molecule has 0 aliphatic heterocycles. The van der Waals surface area contributed by atoms with Gasteiger partial charge in [-0.1, -0.05) is 49.5 Å². The molecule has 94 valence electrons. The first-order valence-corrected chi connectivity index (χ1v) is 7.27. The molecule has 1 aromatic rings. The number of hydrogen-bond donors (Lipinski definition) is 2. The molecule has 0 aromatic heterocycles. The van der Waals surface area contributed by atoms with E-state index in [0.29, 0.717) is 4.99 Å². The van der Waals surface area contributed by atoms with Gasteiger partial charge in [0.25, 0.3) is 0 Å². The Morgan fingerprint density at radius 2 is 2.00 bits per heavy atom. The summed E-state index contributed by atoms with van der Waals surface area (Å²) in [6.07, 6.45) is 0. The average molecular weight is 272 g/mol. The van der Waals surface area contributed by atoms with Gasteiger partial charge >= 0.3 is 0 Å². The van der Waals surface area contributed by atoms with Gasteiger partial charge in [-0.25, -0.2) is 13.1 Å². The first-order valence-electron chi connectivity index (χ1n) is 5.21. The van der Waals surface area contributed by atoms with Gasteiger partial charge in [0.2, 0.25) is 10.0 Å². The predicted octanol–water partition coefficient (Wildman–Crippen LogP) is 1.03. The Morgan fingerprint density at radius 3 is 2.53 bits per heavy atom. The lowest BCUT2D eigenvalue weighted by Gasteiger charge is -2.11. The first-order chi connectivity index (χ1) is 7.91. The fourth-order valence-electron chi connectivity index (χ4n) is 1.20. The van der Waals surface area contributed by atoms with Crippen molar-refractivity contribution >= 4 is 27.2 Å². The molecular weight excluding hydrogens is 256 g/mol. The Morgan fingerprint density at radius 1 is 1.41 bits per heavy atom. The zero-order valence-corrected chi connectivity index (χ0v) is 11.2. The summed E-state index contributed by atoms with van der Waals surface area (Å²) in [5.41, 5.74) is 6.17. The molecular formula is C11H16N2O2S2. The minimum absolute atomic E-state index is 0.0299. The lowest BCUT2D eigenvalue weighted by Crippen LogP contribution is -2.34. The molecule has 17 heavy (non-hydrogen) atoms. The van der Waals surface area contributed by atoms with E-state index in [0.717, 1.165) is 5.56 Å². The van der Waals surface area contributed by atoms with Crippen LogP contribution < -0.4 is 10.5 Å². The van der Waals surface area contributed by atoms with Gasteiger partial charge in [0, 0.05) is 12.5 Å². The van der Waals surface area contributed by atoms with Crippen LogP contribution in [-0.4, -0.2) is 20.0 Å². The molecule has 0 amide bonds. The van der Waals surface area contributed by atoms with E-state index in [9.17, 15) is 8.42 Å². The highest BCUT2D eigenvalue weighted by atomic mass is 32.2. The molecule has 1 rings (SSSR count). The second-order valence-corrected chi connectivity index (χ2v) is 6.17. The highest BCUT2D eigenvalue weighted by molar-refractivity contribution is 7.88. The molecule has 0 aliphatic rings. The highest BCUT2D eigenvalue weighted by Crippen LogP contribution is 2.04. The van der Waals surface area contributed by atoms with Crippen molar-refractivity contribution in [1.82, 2.24) is 4.72 Å². The van der Waals surface area contributed by atoms with Crippen molar-refractivity contribution in [2.45, 2.75) is 12.7 Å². The summed E-state index contributed by atoms with van der Waals surface area (Å²) in [4.78, 5) is 0.312. The molecule has 0 aliphatic carbocycles. The standard InChI is InChI=1S/C11H16N2O2S2/c1-9(11(12)16)7-13-17(14,15)8-10-5-3-2-4-6-10/h2-6,9,13H,7-8H2,1H3,(H2,12,16). The van der Waals surface area contributed by atoms with Gasteiger partial charge in [-0.05, 0) is 5.56 Å². The van der Waals surface area contributed by atoms with Crippen molar-refractivity contribution in [3.05, 3.63) is 35.9 Å². The molecule has 0 spiro atoms. The Bertz CT molecular complexity index is 472. The molecule has 6 heteroatoms. The number of nitrogens with one attached hydrogen (secondary N) is 1. The molecule has 1 atom stereocenters. The fraction of sp³-hybridized carbons (Fsp3) is 0.364. The van der Waals surface area contributed by atoms with E-state index in [-0.39, 0.29) is 18.2 Å². The fourth-order valence-corrected chi connectivity index (χ4v) is 2.52. The highest BCUT2D eigenvalue weighted by Gasteiger charge is 2.13. The first kappa shape index (κ1) is 14.1. The zero-order valence-electron chi connectivity index (χ0n) is 9.59.